The molecular weight excluding hydrogens is 260 g/mol. The topological polar surface area (TPSA) is 27.1 Å². The van der Waals surface area contributed by atoms with Crippen LogP contribution in [0.25, 0.3) is 16.6 Å². The fourth-order valence-electron chi connectivity index (χ4n) is 2.49. The molecule has 0 unspecified atom stereocenters. The van der Waals surface area contributed by atoms with Crippen LogP contribution in [0.1, 0.15) is 19.4 Å². The van der Waals surface area contributed by atoms with Crippen LogP contribution in [0.4, 0.5) is 0 Å². The van der Waals surface area contributed by atoms with Gasteiger partial charge in [0.1, 0.15) is 0 Å². The molecule has 0 fully saturated rings. The smallest absolute Gasteiger partial charge is 0.0737 e. The highest BCUT2D eigenvalue weighted by atomic mass is 16.5. The van der Waals surface area contributed by atoms with Crippen molar-refractivity contribution < 1.29 is 4.74 Å². The number of aromatic nitrogens is 2. The molecule has 0 aliphatic heterocycles. The lowest BCUT2D eigenvalue weighted by Gasteiger charge is -2.05. The predicted octanol–water partition coefficient (Wildman–Crippen LogP) is 4.20. The van der Waals surface area contributed by atoms with Crippen LogP contribution >= 0.6 is 0 Å². The van der Waals surface area contributed by atoms with Crippen LogP contribution in [0, 0.1) is 5.92 Å². The van der Waals surface area contributed by atoms with E-state index in [9.17, 15) is 0 Å². The number of pyridine rings is 1. The Kier molecular flexibility index (Phi) is 4.02. The molecule has 0 atom stereocenters. The number of hydrogen-bond donors (Lipinski definition) is 0. The van der Waals surface area contributed by atoms with Crippen molar-refractivity contribution in [1.29, 1.82) is 0 Å². The average Bonchev–Trinajstić information content (AvgIpc) is 2.87. The third-order valence-electron chi connectivity index (χ3n) is 3.44. The molecule has 2 aromatic heterocycles. The monoisotopic (exact) mass is 280 g/mol. The molecule has 0 saturated heterocycles. The molecule has 0 N–H and O–H groups in total. The Morgan fingerprint density at radius 2 is 1.86 bits per heavy atom. The standard InChI is InChI=1S/C18H20N2O/c1-14(2)12-21-13-15-11-20(16-7-9-19-10-8-16)18-6-4-3-5-17(15)18/h3-11,14H,12-13H2,1-2H3. The number of rotatable bonds is 5. The van der Waals surface area contributed by atoms with Crippen LogP contribution in [0.3, 0.4) is 0 Å². The molecule has 108 valence electrons. The maximum Gasteiger partial charge on any atom is 0.0737 e. The lowest BCUT2D eigenvalue weighted by atomic mass is 10.2. The molecule has 0 spiro atoms. The molecule has 3 nitrogen and oxygen atoms in total. The molecule has 0 aliphatic carbocycles. The van der Waals surface area contributed by atoms with Gasteiger partial charge in [0.15, 0.2) is 0 Å². The van der Waals surface area contributed by atoms with Crippen molar-refractivity contribution in [2.45, 2.75) is 20.5 Å². The zero-order valence-electron chi connectivity index (χ0n) is 12.5. The summed E-state index contributed by atoms with van der Waals surface area (Å²) < 4.78 is 8.01. The fraction of sp³-hybridized carbons (Fsp3) is 0.278. The lowest BCUT2D eigenvalue weighted by molar-refractivity contribution is 0.0978. The molecular formula is C18H20N2O. The molecule has 3 rings (SSSR count). The van der Waals surface area contributed by atoms with Crippen molar-refractivity contribution in [1.82, 2.24) is 9.55 Å². The van der Waals surface area contributed by atoms with Gasteiger partial charge in [0, 0.05) is 41.8 Å². The normalized spacial score (nSPS) is 11.4. The number of benzene rings is 1. The molecule has 0 amide bonds. The second-order valence-corrected chi connectivity index (χ2v) is 5.66. The van der Waals surface area contributed by atoms with Crippen molar-refractivity contribution in [3.8, 4) is 5.69 Å². The van der Waals surface area contributed by atoms with E-state index in [0.717, 1.165) is 12.3 Å². The van der Waals surface area contributed by atoms with Gasteiger partial charge in [-0.25, -0.2) is 0 Å². The van der Waals surface area contributed by atoms with Gasteiger partial charge in [-0.3, -0.25) is 4.98 Å². The fourth-order valence-corrected chi connectivity index (χ4v) is 2.49. The summed E-state index contributed by atoms with van der Waals surface area (Å²) in [5, 5.41) is 1.25. The summed E-state index contributed by atoms with van der Waals surface area (Å²) in [6.45, 7) is 5.77. The molecule has 3 aromatic rings. The summed E-state index contributed by atoms with van der Waals surface area (Å²) in [4.78, 5) is 4.09. The van der Waals surface area contributed by atoms with Crippen molar-refractivity contribution in [3.05, 3.63) is 60.6 Å². The van der Waals surface area contributed by atoms with Crippen LogP contribution in [0.5, 0.6) is 0 Å². The van der Waals surface area contributed by atoms with Gasteiger partial charge in [-0.15, -0.1) is 0 Å². The summed E-state index contributed by atoms with van der Waals surface area (Å²) >= 11 is 0. The van der Waals surface area contributed by atoms with Crippen molar-refractivity contribution >= 4 is 10.9 Å². The predicted molar refractivity (Wildman–Crippen MR) is 85.6 cm³/mol. The van der Waals surface area contributed by atoms with Gasteiger partial charge in [-0.2, -0.15) is 0 Å². The molecule has 0 radical (unpaired) electrons. The second kappa shape index (κ2) is 6.10. The minimum absolute atomic E-state index is 0.554. The average molecular weight is 280 g/mol. The molecule has 1 aromatic carbocycles. The van der Waals surface area contributed by atoms with Gasteiger partial charge < -0.3 is 9.30 Å². The Bertz CT molecular complexity index is 716. The van der Waals surface area contributed by atoms with Crippen molar-refractivity contribution in [2.75, 3.05) is 6.61 Å². The van der Waals surface area contributed by atoms with Gasteiger partial charge in [-0.05, 0) is 24.1 Å². The quantitative estimate of drug-likeness (QED) is 0.700. The number of fused-ring (bicyclic) bond motifs is 1. The molecule has 0 bridgehead atoms. The minimum Gasteiger partial charge on any atom is -0.376 e. The van der Waals surface area contributed by atoms with Crippen LogP contribution < -0.4 is 0 Å². The second-order valence-electron chi connectivity index (χ2n) is 5.66. The lowest BCUT2D eigenvalue weighted by Crippen LogP contribution is -2.01. The van der Waals surface area contributed by atoms with Gasteiger partial charge in [0.25, 0.3) is 0 Å². The van der Waals surface area contributed by atoms with E-state index in [1.807, 2.05) is 24.5 Å². The van der Waals surface area contributed by atoms with Gasteiger partial charge in [0.05, 0.1) is 12.1 Å². The highest BCUT2D eigenvalue weighted by Gasteiger charge is 2.09. The maximum absolute atomic E-state index is 5.81. The van der Waals surface area contributed by atoms with E-state index in [1.165, 1.54) is 16.5 Å². The Labute approximate surface area is 125 Å². The van der Waals surface area contributed by atoms with Crippen LogP contribution in [-0.2, 0) is 11.3 Å². The summed E-state index contributed by atoms with van der Waals surface area (Å²) in [7, 11) is 0. The number of nitrogens with zero attached hydrogens (tertiary/aromatic N) is 2. The van der Waals surface area contributed by atoms with E-state index in [0.29, 0.717) is 12.5 Å². The molecule has 3 heteroatoms. The van der Waals surface area contributed by atoms with Gasteiger partial charge >= 0.3 is 0 Å². The van der Waals surface area contributed by atoms with E-state index in [-0.39, 0.29) is 0 Å². The highest BCUT2D eigenvalue weighted by Crippen LogP contribution is 2.25. The number of para-hydroxylation sites is 1. The van der Waals surface area contributed by atoms with Crippen LogP contribution in [0.2, 0.25) is 0 Å². The van der Waals surface area contributed by atoms with Crippen molar-refractivity contribution in [2.24, 2.45) is 5.92 Å². The molecule has 21 heavy (non-hydrogen) atoms. The Hall–Kier alpha value is -2.13. The number of ether oxygens (including phenoxy) is 1. The largest absolute Gasteiger partial charge is 0.376 e. The summed E-state index contributed by atoms with van der Waals surface area (Å²) in [6, 6.07) is 12.5. The first-order chi connectivity index (χ1) is 10.3. The van der Waals surface area contributed by atoms with E-state index in [4.69, 9.17) is 4.74 Å². The maximum atomic E-state index is 5.81. The zero-order chi connectivity index (χ0) is 14.7. The van der Waals surface area contributed by atoms with E-state index < -0.39 is 0 Å². The van der Waals surface area contributed by atoms with Gasteiger partial charge in [-0.1, -0.05) is 32.0 Å². The summed E-state index contributed by atoms with van der Waals surface area (Å²) in [5.41, 5.74) is 3.55. The van der Waals surface area contributed by atoms with Crippen LogP contribution in [0.15, 0.2) is 55.0 Å². The molecule has 2 heterocycles. The van der Waals surface area contributed by atoms with E-state index in [2.05, 4.69) is 53.9 Å². The zero-order valence-corrected chi connectivity index (χ0v) is 12.5. The van der Waals surface area contributed by atoms with E-state index >= 15 is 0 Å². The SMILES string of the molecule is CC(C)COCc1cn(-c2ccncc2)c2ccccc12. The van der Waals surface area contributed by atoms with Crippen LogP contribution in [-0.4, -0.2) is 16.2 Å². The molecule has 0 aliphatic rings. The third-order valence-corrected chi connectivity index (χ3v) is 3.44. The highest BCUT2D eigenvalue weighted by molar-refractivity contribution is 5.85. The summed E-state index contributed by atoms with van der Waals surface area (Å²) in [5.74, 6) is 0.554. The first-order valence-corrected chi connectivity index (χ1v) is 7.33. The van der Waals surface area contributed by atoms with E-state index in [1.54, 1.807) is 0 Å². The Morgan fingerprint density at radius 1 is 1.10 bits per heavy atom. The first-order valence-electron chi connectivity index (χ1n) is 7.33. The third kappa shape index (κ3) is 2.98. The number of hydrogen-bond acceptors (Lipinski definition) is 2. The van der Waals surface area contributed by atoms with Gasteiger partial charge in [0.2, 0.25) is 0 Å². The van der Waals surface area contributed by atoms with Crippen molar-refractivity contribution in [3.63, 3.8) is 0 Å². The summed E-state index contributed by atoms with van der Waals surface area (Å²) in [6.07, 6.45) is 5.80. The molecule has 0 saturated carbocycles. The Balaban J connectivity index is 1.98. The Morgan fingerprint density at radius 3 is 2.62 bits per heavy atom. The minimum atomic E-state index is 0.554. The first kappa shape index (κ1) is 13.8.